The second-order valence-electron chi connectivity index (χ2n) is 4.79. The van der Waals surface area contributed by atoms with E-state index < -0.39 is 5.41 Å². The van der Waals surface area contributed by atoms with Gasteiger partial charge in [-0.05, 0) is 25.2 Å². The summed E-state index contributed by atoms with van der Waals surface area (Å²) in [4.78, 5) is 11.8. The number of rotatable bonds is 4. The first kappa shape index (κ1) is 12.3. The van der Waals surface area contributed by atoms with E-state index in [2.05, 4.69) is 5.32 Å². The van der Waals surface area contributed by atoms with Gasteiger partial charge in [-0.2, -0.15) is 5.26 Å². The monoisotopic (exact) mass is 238 g/mol. The summed E-state index contributed by atoms with van der Waals surface area (Å²) in [5.74, 6) is 0.457. The summed E-state index contributed by atoms with van der Waals surface area (Å²) in [5.41, 5.74) is -0.921. The highest BCUT2D eigenvalue weighted by Gasteiger charge is 2.46. The van der Waals surface area contributed by atoms with E-state index in [0.717, 1.165) is 32.5 Å². The van der Waals surface area contributed by atoms with Crippen molar-refractivity contribution in [3.63, 3.8) is 0 Å². The molecule has 0 aromatic heterocycles. The van der Waals surface area contributed by atoms with E-state index >= 15 is 0 Å². The van der Waals surface area contributed by atoms with Crippen molar-refractivity contribution >= 4 is 5.91 Å². The van der Waals surface area contributed by atoms with Crippen LogP contribution in [-0.2, 0) is 14.3 Å². The van der Waals surface area contributed by atoms with Gasteiger partial charge in [0.1, 0.15) is 0 Å². The van der Waals surface area contributed by atoms with Gasteiger partial charge in [0.05, 0.1) is 19.3 Å². The number of nitriles is 1. The smallest absolute Gasteiger partial charge is 0.245 e. The Morgan fingerprint density at radius 1 is 1.35 bits per heavy atom. The van der Waals surface area contributed by atoms with Crippen LogP contribution in [0.2, 0.25) is 0 Å². The lowest BCUT2D eigenvalue weighted by Gasteiger charge is -2.33. The predicted octanol–water partition coefficient (Wildman–Crippen LogP) is 0.459. The number of nitrogens with one attached hydrogen (secondary N) is 1. The Morgan fingerprint density at radius 2 is 2.06 bits per heavy atom. The van der Waals surface area contributed by atoms with Gasteiger partial charge in [-0.1, -0.05) is 0 Å². The van der Waals surface area contributed by atoms with Crippen LogP contribution in [0.25, 0.3) is 0 Å². The second kappa shape index (κ2) is 5.48. The normalized spacial score (nSPS) is 23.5. The standard InChI is InChI=1S/C12H18N2O3/c13-7-12(8-17-9-12)11(15)14-4-1-10-2-5-16-6-3-10/h10H,1-6,8-9H2,(H,14,15). The maximum atomic E-state index is 11.8. The Hall–Kier alpha value is -1.12. The molecule has 0 aromatic carbocycles. The Kier molecular flexibility index (Phi) is 3.97. The van der Waals surface area contributed by atoms with Gasteiger partial charge >= 0.3 is 0 Å². The largest absolute Gasteiger partial charge is 0.381 e. The van der Waals surface area contributed by atoms with Crippen LogP contribution in [0.5, 0.6) is 0 Å². The fraction of sp³-hybridized carbons (Fsp3) is 0.833. The number of hydrogen-bond acceptors (Lipinski definition) is 4. The lowest BCUT2D eigenvalue weighted by molar-refractivity contribution is -0.150. The van der Waals surface area contributed by atoms with Gasteiger partial charge in [-0.3, -0.25) is 4.79 Å². The van der Waals surface area contributed by atoms with E-state index in [0.29, 0.717) is 12.5 Å². The minimum absolute atomic E-state index is 0.182. The van der Waals surface area contributed by atoms with Gasteiger partial charge in [0, 0.05) is 19.8 Å². The van der Waals surface area contributed by atoms with Crippen LogP contribution in [0.15, 0.2) is 0 Å². The SMILES string of the molecule is N#CC1(C(=O)NCCC2CCOCC2)COC1. The van der Waals surface area contributed by atoms with Crippen LogP contribution in [0, 0.1) is 22.7 Å². The highest BCUT2D eigenvalue weighted by Crippen LogP contribution is 2.26. The molecule has 0 atom stereocenters. The molecule has 0 spiro atoms. The van der Waals surface area contributed by atoms with Crippen LogP contribution < -0.4 is 5.32 Å². The average molecular weight is 238 g/mol. The number of carbonyl (C=O) groups excluding carboxylic acids is 1. The zero-order chi connectivity index (χ0) is 12.1. The van der Waals surface area contributed by atoms with E-state index in [9.17, 15) is 4.79 Å². The number of nitrogens with zero attached hydrogens (tertiary/aromatic N) is 1. The lowest BCUT2D eigenvalue weighted by Crippen LogP contribution is -2.53. The first-order valence-electron chi connectivity index (χ1n) is 6.12. The summed E-state index contributed by atoms with van der Waals surface area (Å²) < 4.78 is 10.2. The number of ether oxygens (including phenoxy) is 2. The van der Waals surface area contributed by atoms with Crippen molar-refractivity contribution in [2.75, 3.05) is 33.0 Å². The summed E-state index contributed by atoms with van der Waals surface area (Å²) in [7, 11) is 0. The van der Waals surface area contributed by atoms with Crippen molar-refractivity contribution in [3.8, 4) is 6.07 Å². The molecule has 0 saturated carbocycles. The van der Waals surface area contributed by atoms with Crippen LogP contribution in [0.3, 0.4) is 0 Å². The van der Waals surface area contributed by atoms with Crippen LogP contribution in [-0.4, -0.2) is 38.9 Å². The quantitative estimate of drug-likeness (QED) is 0.772. The van der Waals surface area contributed by atoms with E-state index in [-0.39, 0.29) is 19.1 Å². The Balaban J connectivity index is 1.68. The molecular formula is C12H18N2O3. The summed E-state index contributed by atoms with van der Waals surface area (Å²) >= 11 is 0. The average Bonchev–Trinajstić information content (AvgIpc) is 2.30. The molecule has 2 rings (SSSR count). The van der Waals surface area contributed by atoms with Crippen LogP contribution in [0.1, 0.15) is 19.3 Å². The van der Waals surface area contributed by atoms with E-state index in [1.54, 1.807) is 0 Å². The Labute approximate surface area is 101 Å². The molecule has 0 bridgehead atoms. The van der Waals surface area contributed by atoms with Gasteiger partial charge < -0.3 is 14.8 Å². The topological polar surface area (TPSA) is 71.4 Å². The molecule has 0 radical (unpaired) electrons. The van der Waals surface area contributed by atoms with Crippen molar-refractivity contribution in [1.82, 2.24) is 5.32 Å². The molecule has 1 amide bonds. The minimum Gasteiger partial charge on any atom is -0.381 e. The minimum atomic E-state index is -0.921. The van der Waals surface area contributed by atoms with Gasteiger partial charge in [-0.25, -0.2) is 0 Å². The molecule has 17 heavy (non-hydrogen) atoms. The lowest BCUT2D eigenvalue weighted by atomic mass is 9.86. The highest BCUT2D eigenvalue weighted by atomic mass is 16.5. The molecule has 0 unspecified atom stereocenters. The van der Waals surface area contributed by atoms with E-state index in [1.807, 2.05) is 6.07 Å². The van der Waals surface area contributed by atoms with Crippen molar-refractivity contribution in [2.45, 2.75) is 19.3 Å². The van der Waals surface area contributed by atoms with Crippen molar-refractivity contribution in [3.05, 3.63) is 0 Å². The molecule has 2 aliphatic rings. The van der Waals surface area contributed by atoms with Gasteiger partial charge in [0.15, 0.2) is 5.41 Å². The molecule has 2 saturated heterocycles. The molecule has 2 aliphatic heterocycles. The van der Waals surface area contributed by atoms with Crippen LogP contribution >= 0.6 is 0 Å². The summed E-state index contributed by atoms with van der Waals surface area (Å²) in [6, 6.07) is 2.05. The maximum Gasteiger partial charge on any atom is 0.245 e. The molecule has 2 heterocycles. The van der Waals surface area contributed by atoms with Gasteiger partial charge in [0.25, 0.3) is 0 Å². The first-order chi connectivity index (χ1) is 8.27. The molecule has 1 N–H and O–H groups in total. The first-order valence-corrected chi connectivity index (χ1v) is 6.12. The Morgan fingerprint density at radius 3 is 2.59 bits per heavy atom. The third-order valence-electron chi connectivity index (χ3n) is 3.52. The summed E-state index contributed by atoms with van der Waals surface area (Å²) in [5, 5.41) is 11.8. The third-order valence-corrected chi connectivity index (χ3v) is 3.52. The van der Waals surface area contributed by atoms with Gasteiger partial charge in [-0.15, -0.1) is 0 Å². The number of hydrogen-bond donors (Lipinski definition) is 1. The van der Waals surface area contributed by atoms with Crippen molar-refractivity contribution in [1.29, 1.82) is 5.26 Å². The zero-order valence-electron chi connectivity index (χ0n) is 9.91. The predicted molar refractivity (Wildman–Crippen MR) is 60.0 cm³/mol. The van der Waals surface area contributed by atoms with E-state index in [4.69, 9.17) is 14.7 Å². The molecule has 5 nitrogen and oxygen atoms in total. The maximum absolute atomic E-state index is 11.8. The fourth-order valence-electron chi connectivity index (χ4n) is 2.15. The molecule has 0 aromatic rings. The number of amides is 1. The molecule has 2 fully saturated rings. The Bertz CT molecular complexity index is 314. The fourth-order valence-corrected chi connectivity index (χ4v) is 2.15. The van der Waals surface area contributed by atoms with E-state index in [1.165, 1.54) is 0 Å². The van der Waals surface area contributed by atoms with Crippen LogP contribution in [0.4, 0.5) is 0 Å². The summed E-state index contributed by atoms with van der Waals surface area (Å²) in [6.07, 6.45) is 3.11. The highest BCUT2D eigenvalue weighted by molar-refractivity contribution is 5.86. The third kappa shape index (κ3) is 2.76. The molecule has 0 aliphatic carbocycles. The number of carbonyl (C=O) groups is 1. The molecule has 94 valence electrons. The molecular weight excluding hydrogens is 220 g/mol. The molecule has 5 heteroatoms. The second-order valence-corrected chi connectivity index (χ2v) is 4.79. The van der Waals surface area contributed by atoms with Crippen molar-refractivity contribution in [2.24, 2.45) is 11.3 Å². The zero-order valence-corrected chi connectivity index (χ0v) is 9.91. The summed E-state index contributed by atoms with van der Waals surface area (Å²) in [6.45, 7) is 2.76. The van der Waals surface area contributed by atoms with Gasteiger partial charge in [0.2, 0.25) is 5.91 Å². The van der Waals surface area contributed by atoms with Crippen molar-refractivity contribution < 1.29 is 14.3 Å².